The molecule has 2 nitrogen and oxygen atoms in total. The van der Waals surface area contributed by atoms with Gasteiger partial charge < -0.3 is 5.73 Å². The Kier molecular flexibility index (Phi) is 4.98. The summed E-state index contributed by atoms with van der Waals surface area (Å²) >= 11 is 0. The van der Waals surface area contributed by atoms with E-state index in [9.17, 15) is 4.79 Å². The molecule has 0 unspecified atom stereocenters. The maximum absolute atomic E-state index is 12.2. The summed E-state index contributed by atoms with van der Waals surface area (Å²) in [6.07, 6.45) is 6.47. The smallest absolute Gasteiger partial charge is 0.162 e. The summed E-state index contributed by atoms with van der Waals surface area (Å²) in [6.45, 7) is 5.07. The first kappa shape index (κ1) is 15.2. The molecule has 110 valence electrons. The van der Waals surface area contributed by atoms with Gasteiger partial charge in [0.25, 0.3) is 0 Å². The summed E-state index contributed by atoms with van der Waals surface area (Å²) in [7, 11) is 0. The maximum Gasteiger partial charge on any atom is 0.162 e. The van der Waals surface area contributed by atoms with Gasteiger partial charge in [-0.2, -0.15) is 0 Å². The van der Waals surface area contributed by atoms with E-state index in [0.29, 0.717) is 13.0 Å². The Balaban J connectivity index is 1.88. The molecule has 2 heteroatoms. The van der Waals surface area contributed by atoms with E-state index < -0.39 is 0 Å². The number of Topliss-reactive ketones (excluding diaryl/α,β-unsaturated/α-hetero) is 1. The van der Waals surface area contributed by atoms with Gasteiger partial charge in [-0.05, 0) is 49.1 Å². The summed E-state index contributed by atoms with van der Waals surface area (Å²) in [5.74, 6) is 0.998. The third-order valence-electron chi connectivity index (χ3n) is 4.66. The van der Waals surface area contributed by atoms with Crippen LogP contribution in [0, 0.1) is 5.41 Å². The Hall–Kier alpha value is -1.15. The highest BCUT2D eigenvalue weighted by Crippen LogP contribution is 2.36. The average Bonchev–Trinajstić information content (AvgIpc) is 2.35. The predicted molar refractivity (Wildman–Crippen MR) is 84.1 cm³/mol. The van der Waals surface area contributed by atoms with Gasteiger partial charge in [-0.25, -0.2) is 0 Å². The lowest BCUT2D eigenvalue weighted by Gasteiger charge is -2.26. The fourth-order valence-electron chi connectivity index (χ4n) is 2.79. The highest BCUT2D eigenvalue weighted by molar-refractivity contribution is 5.96. The van der Waals surface area contributed by atoms with Crippen molar-refractivity contribution in [1.82, 2.24) is 0 Å². The van der Waals surface area contributed by atoms with Gasteiger partial charge >= 0.3 is 0 Å². The molecular formula is C18H27NO. The van der Waals surface area contributed by atoms with E-state index in [-0.39, 0.29) is 11.2 Å². The first-order valence-corrected chi connectivity index (χ1v) is 7.85. The number of carbonyl (C=O) groups is 1. The molecule has 0 atom stereocenters. The Morgan fingerprint density at radius 3 is 2.35 bits per heavy atom. The predicted octanol–water partition coefficient (Wildman–Crippen LogP) is 4.29. The molecule has 0 radical (unpaired) electrons. The number of ketones is 1. The summed E-state index contributed by atoms with van der Waals surface area (Å²) in [5.41, 5.74) is 8.03. The molecule has 0 bridgehead atoms. The summed E-state index contributed by atoms with van der Waals surface area (Å²) in [4.78, 5) is 12.2. The van der Waals surface area contributed by atoms with E-state index in [0.717, 1.165) is 24.3 Å². The number of hydrogen-bond donors (Lipinski definition) is 1. The molecule has 0 spiro atoms. The molecule has 20 heavy (non-hydrogen) atoms. The Labute approximate surface area is 122 Å². The topological polar surface area (TPSA) is 43.1 Å². The van der Waals surface area contributed by atoms with Crippen LogP contribution < -0.4 is 5.73 Å². The second-order valence-electron chi connectivity index (χ2n) is 6.88. The van der Waals surface area contributed by atoms with Gasteiger partial charge in [0.15, 0.2) is 5.78 Å². The molecule has 1 aliphatic rings. The number of hydrogen-bond acceptors (Lipinski definition) is 2. The quantitative estimate of drug-likeness (QED) is 0.753. The fraction of sp³-hybridized carbons (Fsp3) is 0.611. The molecule has 0 aromatic heterocycles. The molecule has 2 N–H and O–H groups in total. The highest BCUT2D eigenvalue weighted by atomic mass is 16.1. The number of benzene rings is 1. The van der Waals surface area contributed by atoms with E-state index in [2.05, 4.69) is 26.0 Å². The summed E-state index contributed by atoms with van der Waals surface area (Å²) < 4.78 is 0. The van der Waals surface area contributed by atoms with Crippen molar-refractivity contribution in [2.45, 2.75) is 58.3 Å². The molecule has 0 amide bonds. The fourth-order valence-corrected chi connectivity index (χ4v) is 2.79. The van der Waals surface area contributed by atoms with Gasteiger partial charge in [-0.1, -0.05) is 44.5 Å². The van der Waals surface area contributed by atoms with Crippen LogP contribution in [0.15, 0.2) is 24.3 Å². The molecule has 1 aromatic rings. The molecule has 0 heterocycles. The second-order valence-corrected chi connectivity index (χ2v) is 6.88. The Bertz CT molecular complexity index is 443. The molecular weight excluding hydrogens is 246 g/mol. The van der Waals surface area contributed by atoms with Crippen molar-refractivity contribution in [1.29, 1.82) is 0 Å². The van der Waals surface area contributed by atoms with Gasteiger partial charge in [-0.15, -0.1) is 0 Å². The van der Waals surface area contributed by atoms with Crippen LogP contribution in [0.3, 0.4) is 0 Å². The molecule has 0 saturated heterocycles. The van der Waals surface area contributed by atoms with Crippen LogP contribution >= 0.6 is 0 Å². The van der Waals surface area contributed by atoms with Gasteiger partial charge in [0, 0.05) is 12.0 Å². The van der Waals surface area contributed by atoms with Gasteiger partial charge in [-0.3, -0.25) is 4.79 Å². The van der Waals surface area contributed by atoms with Crippen LogP contribution in [-0.2, 0) is 0 Å². The summed E-state index contributed by atoms with van der Waals surface area (Å²) in [5, 5.41) is 0. The number of carbonyl (C=O) groups excluding carboxylic acids is 1. The SMILES string of the molecule is CC(C)(CCN)CCC(=O)c1ccc(C2CCC2)cc1. The van der Waals surface area contributed by atoms with Crippen molar-refractivity contribution in [2.24, 2.45) is 11.1 Å². The molecule has 1 aliphatic carbocycles. The van der Waals surface area contributed by atoms with Crippen molar-refractivity contribution in [2.75, 3.05) is 6.54 Å². The maximum atomic E-state index is 12.2. The molecule has 1 saturated carbocycles. The highest BCUT2D eigenvalue weighted by Gasteiger charge is 2.21. The second kappa shape index (κ2) is 6.53. The lowest BCUT2D eigenvalue weighted by atomic mass is 9.79. The van der Waals surface area contributed by atoms with Crippen LogP contribution in [0.1, 0.15) is 74.2 Å². The zero-order valence-electron chi connectivity index (χ0n) is 12.8. The van der Waals surface area contributed by atoms with E-state index >= 15 is 0 Å². The number of nitrogens with two attached hydrogens (primary N) is 1. The molecule has 2 rings (SSSR count). The van der Waals surface area contributed by atoms with E-state index in [1.165, 1.54) is 24.8 Å². The van der Waals surface area contributed by atoms with Gasteiger partial charge in [0.05, 0.1) is 0 Å². The van der Waals surface area contributed by atoms with Crippen molar-refractivity contribution < 1.29 is 4.79 Å². The van der Waals surface area contributed by atoms with E-state index in [4.69, 9.17) is 5.73 Å². The van der Waals surface area contributed by atoms with Crippen LogP contribution in [0.5, 0.6) is 0 Å². The average molecular weight is 273 g/mol. The molecule has 1 aromatic carbocycles. The lowest BCUT2D eigenvalue weighted by Crippen LogP contribution is -2.18. The van der Waals surface area contributed by atoms with Crippen LogP contribution in [0.25, 0.3) is 0 Å². The minimum atomic E-state index is 0.163. The van der Waals surface area contributed by atoms with Crippen LogP contribution in [0.2, 0.25) is 0 Å². The van der Waals surface area contributed by atoms with Gasteiger partial charge in [0.1, 0.15) is 0 Å². The monoisotopic (exact) mass is 273 g/mol. The van der Waals surface area contributed by atoms with Gasteiger partial charge in [0.2, 0.25) is 0 Å². The van der Waals surface area contributed by atoms with Crippen molar-refractivity contribution in [3.8, 4) is 0 Å². The minimum absolute atomic E-state index is 0.163. The van der Waals surface area contributed by atoms with Crippen molar-refractivity contribution in [3.63, 3.8) is 0 Å². The Morgan fingerprint density at radius 1 is 1.20 bits per heavy atom. The van der Waals surface area contributed by atoms with Crippen molar-refractivity contribution >= 4 is 5.78 Å². The van der Waals surface area contributed by atoms with Crippen molar-refractivity contribution in [3.05, 3.63) is 35.4 Å². The first-order chi connectivity index (χ1) is 9.52. The third-order valence-corrected chi connectivity index (χ3v) is 4.66. The minimum Gasteiger partial charge on any atom is -0.330 e. The standard InChI is InChI=1S/C18H27NO/c1-18(2,12-13-19)11-10-17(20)16-8-6-15(7-9-16)14-4-3-5-14/h6-9,14H,3-5,10-13,19H2,1-2H3. The van der Waals surface area contributed by atoms with Crippen LogP contribution in [0.4, 0.5) is 0 Å². The zero-order valence-corrected chi connectivity index (χ0v) is 12.8. The molecule has 0 aliphatic heterocycles. The summed E-state index contributed by atoms with van der Waals surface area (Å²) in [6, 6.07) is 8.29. The Morgan fingerprint density at radius 2 is 1.85 bits per heavy atom. The molecule has 1 fully saturated rings. The first-order valence-electron chi connectivity index (χ1n) is 7.85. The van der Waals surface area contributed by atoms with E-state index in [1.807, 2.05) is 12.1 Å². The third kappa shape index (κ3) is 3.92. The number of rotatable bonds is 7. The normalized spacial score (nSPS) is 15.9. The zero-order chi connectivity index (χ0) is 14.6. The largest absolute Gasteiger partial charge is 0.330 e. The lowest BCUT2D eigenvalue weighted by molar-refractivity contribution is 0.0961. The van der Waals surface area contributed by atoms with Crippen LogP contribution in [-0.4, -0.2) is 12.3 Å². The van der Waals surface area contributed by atoms with E-state index in [1.54, 1.807) is 0 Å².